The zero-order valence-corrected chi connectivity index (χ0v) is 9.14. The smallest absolute Gasteiger partial charge is 0.373 e. The summed E-state index contributed by atoms with van der Waals surface area (Å²) >= 11 is 0. The van der Waals surface area contributed by atoms with Crippen LogP contribution in [0.1, 0.15) is 12.8 Å². The Hall–Kier alpha value is -1.79. The van der Waals surface area contributed by atoms with Crippen LogP contribution in [0.5, 0.6) is 0 Å². The molecule has 2 N–H and O–H groups in total. The summed E-state index contributed by atoms with van der Waals surface area (Å²) in [7, 11) is 1.68. The Balaban J connectivity index is 2.45. The largest absolute Gasteiger partial charge is 0.389 e. The summed E-state index contributed by atoms with van der Waals surface area (Å²) in [4.78, 5) is 15.1. The van der Waals surface area contributed by atoms with Gasteiger partial charge in [-0.1, -0.05) is 0 Å². The Kier molecular flexibility index (Phi) is 4.30. The second-order valence-electron chi connectivity index (χ2n) is 3.35. The van der Waals surface area contributed by atoms with E-state index in [4.69, 9.17) is 0 Å². The maximum Gasteiger partial charge on any atom is 0.389 e. The summed E-state index contributed by atoms with van der Waals surface area (Å²) < 4.78 is 35.6. The van der Waals surface area contributed by atoms with Crippen molar-refractivity contribution in [3.63, 3.8) is 0 Å². The van der Waals surface area contributed by atoms with Gasteiger partial charge in [0.25, 0.3) is 0 Å². The van der Waals surface area contributed by atoms with E-state index < -0.39 is 24.9 Å². The molecule has 1 aromatic rings. The van der Waals surface area contributed by atoms with E-state index in [9.17, 15) is 18.0 Å². The fourth-order valence-corrected chi connectivity index (χ4v) is 1.09. The van der Waals surface area contributed by atoms with E-state index in [0.717, 1.165) is 0 Å². The second-order valence-corrected chi connectivity index (χ2v) is 3.35. The lowest BCUT2D eigenvalue weighted by atomic mass is 10.3. The number of carbonyl (C=O) groups is 1. The molecule has 0 bridgehead atoms. The van der Waals surface area contributed by atoms with Gasteiger partial charge in [0.15, 0.2) is 0 Å². The van der Waals surface area contributed by atoms with Gasteiger partial charge >= 0.3 is 6.18 Å². The number of anilines is 2. The maximum absolute atomic E-state index is 11.9. The predicted octanol–water partition coefficient (Wildman–Crippen LogP) is 2.40. The number of rotatable bonds is 4. The highest BCUT2D eigenvalue weighted by atomic mass is 19.4. The third-order valence-corrected chi connectivity index (χ3v) is 1.94. The van der Waals surface area contributed by atoms with Crippen LogP contribution in [0.25, 0.3) is 0 Å². The molecule has 1 aromatic heterocycles. The lowest BCUT2D eigenvalue weighted by Gasteiger charge is -2.07. The zero-order chi connectivity index (χ0) is 12.9. The number of halogens is 3. The normalized spacial score (nSPS) is 11.1. The Morgan fingerprint density at radius 1 is 1.41 bits per heavy atom. The number of carbonyl (C=O) groups excluding carboxylic acids is 1. The molecule has 0 radical (unpaired) electrons. The number of pyridine rings is 1. The predicted molar refractivity (Wildman–Crippen MR) is 57.7 cm³/mol. The topological polar surface area (TPSA) is 54.0 Å². The molecule has 0 aliphatic rings. The molecule has 0 unspecified atom stereocenters. The van der Waals surface area contributed by atoms with Crippen LogP contribution in [-0.2, 0) is 4.79 Å². The molecule has 0 fully saturated rings. The van der Waals surface area contributed by atoms with E-state index in [2.05, 4.69) is 15.6 Å². The van der Waals surface area contributed by atoms with E-state index in [0.29, 0.717) is 11.5 Å². The molecule has 0 spiro atoms. The number of aromatic nitrogens is 1. The van der Waals surface area contributed by atoms with E-state index in [-0.39, 0.29) is 0 Å². The summed E-state index contributed by atoms with van der Waals surface area (Å²) in [5, 5.41) is 5.12. The fraction of sp³-hybridized carbons (Fsp3) is 0.400. The molecule has 0 atom stereocenters. The Morgan fingerprint density at radius 2 is 2.12 bits per heavy atom. The van der Waals surface area contributed by atoms with E-state index in [1.165, 1.54) is 6.20 Å². The number of nitrogens with zero attached hydrogens (tertiary/aromatic N) is 1. The highest BCUT2D eigenvalue weighted by Gasteiger charge is 2.27. The van der Waals surface area contributed by atoms with Crippen LogP contribution in [0.3, 0.4) is 0 Å². The van der Waals surface area contributed by atoms with E-state index >= 15 is 0 Å². The van der Waals surface area contributed by atoms with Crippen molar-refractivity contribution in [2.75, 3.05) is 17.7 Å². The molecule has 7 heteroatoms. The molecule has 1 rings (SSSR count). The molecule has 0 saturated heterocycles. The molecule has 0 aliphatic carbocycles. The van der Waals surface area contributed by atoms with Gasteiger partial charge < -0.3 is 10.6 Å². The molecular formula is C10H12F3N3O. The van der Waals surface area contributed by atoms with Gasteiger partial charge in [0, 0.05) is 13.5 Å². The summed E-state index contributed by atoms with van der Waals surface area (Å²) in [6.45, 7) is 0. The van der Waals surface area contributed by atoms with Crippen molar-refractivity contribution >= 4 is 17.4 Å². The van der Waals surface area contributed by atoms with Crippen molar-refractivity contribution in [1.82, 2.24) is 4.98 Å². The first kappa shape index (κ1) is 13.3. The average Bonchev–Trinajstić information content (AvgIpc) is 2.27. The van der Waals surface area contributed by atoms with Gasteiger partial charge in [-0.05, 0) is 12.1 Å². The van der Waals surface area contributed by atoms with Crippen molar-refractivity contribution in [2.24, 2.45) is 0 Å². The fourth-order valence-electron chi connectivity index (χ4n) is 1.09. The molecule has 4 nitrogen and oxygen atoms in total. The van der Waals surface area contributed by atoms with Gasteiger partial charge in [0.1, 0.15) is 5.82 Å². The Bertz CT molecular complexity index is 375. The van der Waals surface area contributed by atoms with Crippen molar-refractivity contribution < 1.29 is 18.0 Å². The molecular weight excluding hydrogens is 235 g/mol. The first-order valence-electron chi connectivity index (χ1n) is 4.91. The Morgan fingerprint density at radius 3 is 2.59 bits per heavy atom. The third-order valence-electron chi connectivity index (χ3n) is 1.94. The highest BCUT2D eigenvalue weighted by Crippen LogP contribution is 2.21. The van der Waals surface area contributed by atoms with Crippen molar-refractivity contribution in [3.05, 3.63) is 18.3 Å². The molecule has 0 aliphatic heterocycles. The maximum atomic E-state index is 11.9. The first-order chi connectivity index (χ1) is 7.90. The third kappa shape index (κ3) is 5.19. The summed E-state index contributed by atoms with van der Waals surface area (Å²) in [6.07, 6.45) is -4.65. The SMILES string of the molecule is CNc1ccc(NC(=O)CCC(F)(F)F)cn1. The Labute approximate surface area is 96.2 Å². The molecule has 0 aromatic carbocycles. The van der Waals surface area contributed by atoms with Crippen LogP contribution >= 0.6 is 0 Å². The van der Waals surface area contributed by atoms with E-state index in [1.807, 2.05) is 0 Å². The lowest BCUT2D eigenvalue weighted by molar-refractivity contribution is -0.142. The summed E-state index contributed by atoms with van der Waals surface area (Å²) in [5.41, 5.74) is 0.371. The minimum atomic E-state index is -4.31. The monoisotopic (exact) mass is 247 g/mol. The quantitative estimate of drug-likeness (QED) is 0.859. The minimum Gasteiger partial charge on any atom is -0.373 e. The van der Waals surface area contributed by atoms with E-state index in [1.54, 1.807) is 19.2 Å². The molecule has 1 heterocycles. The van der Waals surface area contributed by atoms with Gasteiger partial charge in [0.05, 0.1) is 18.3 Å². The summed E-state index contributed by atoms with van der Waals surface area (Å²) in [5.74, 6) is -0.0698. The number of hydrogen-bond donors (Lipinski definition) is 2. The van der Waals surface area contributed by atoms with Crippen molar-refractivity contribution in [2.45, 2.75) is 19.0 Å². The number of hydrogen-bond acceptors (Lipinski definition) is 3. The number of alkyl halides is 3. The van der Waals surface area contributed by atoms with Crippen LogP contribution < -0.4 is 10.6 Å². The second kappa shape index (κ2) is 5.51. The van der Waals surface area contributed by atoms with Gasteiger partial charge in [-0.25, -0.2) is 4.98 Å². The summed E-state index contributed by atoms with van der Waals surface area (Å²) in [6, 6.07) is 3.17. The standard InChI is InChI=1S/C10H12F3N3O/c1-14-8-3-2-7(6-15-8)16-9(17)4-5-10(11,12)13/h2-3,6H,4-5H2,1H3,(H,14,15)(H,16,17). The van der Waals surface area contributed by atoms with Crippen LogP contribution in [-0.4, -0.2) is 24.1 Å². The number of nitrogens with one attached hydrogen (secondary N) is 2. The van der Waals surface area contributed by atoms with Gasteiger partial charge in [0.2, 0.25) is 5.91 Å². The average molecular weight is 247 g/mol. The van der Waals surface area contributed by atoms with Crippen molar-refractivity contribution in [3.8, 4) is 0 Å². The van der Waals surface area contributed by atoms with Crippen LogP contribution in [0.15, 0.2) is 18.3 Å². The van der Waals surface area contributed by atoms with Crippen molar-refractivity contribution in [1.29, 1.82) is 0 Å². The highest BCUT2D eigenvalue weighted by molar-refractivity contribution is 5.90. The number of amides is 1. The van der Waals surface area contributed by atoms with Gasteiger partial charge in [-0.3, -0.25) is 4.79 Å². The molecule has 1 amide bonds. The molecule has 94 valence electrons. The minimum absolute atomic E-state index is 0.371. The van der Waals surface area contributed by atoms with Gasteiger partial charge in [-0.15, -0.1) is 0 Å². The molecule has 17 heavy (non-hydrogen) atoms. The lowest BCUT2D eigenvalue weighted by Crippen LogP contribution is -2.16. The molecule has 0 saturated carbocycles. The zero-order valence-electron chi connectivity index (χ0n) is 9.14. The van der Waals surface area contributed by atoms with Gasteiger partial charge in [-0.2, -0.15) is 13.2 Å². The van der Waals surface area contributed by atoms with Crippen LogP contribution in [0.2, 0.25) is 0 Å². The first-order valence-corrected chi connectivity index (χ1v) is 4.91. The van der Waals surface area contributed by atoms with Crippen LogP contribution in [0, 0.1) is 0 Å². The van der Waals surface area contributed by atoms with Crippen LogP contribution in [0.4, 0.5) is 24.7 Å².